The molecular formula is C14H26N4O5. The summed E-state index contributed by atoms with van der Waals surface area (Å²) in [6.07, 6.45) is 1.41. The molecule has 1 unspecified atom stereocenters. The number of primary amides is 1. The molecule has 0 fully saturated rings. The van der Waals surface area contributed by atoms with Gasteiger partial charge in [-0.15, -0.1) is 0 Å². The number of alkyl carbamates (subject to hydrolysis) is 1. The molecule has 9 nitrogen and oxygen atoms in total. The molecule has 5 N–H and O–H groups in total. The Morgan fingerprint density at radius 2 is 1.87 bits per heavy atom. The van der Waals surface area contributed by atoms with Crippen LogP contribution in [0.5, 0.6) is 0 Å². The SMILES string of the molecule is CC(C)(C)OC(=O)NCCCCC(NC(=O)CNC=O)C(N)=O. The second kappa shape index (κ2) is 10.4. The van der Waals surface area contributed by atoms with Gasteiger partial charge < -0.3 is 26.4 Å². The van der Waals surface area contributed by atoms with E-state index in [0.717, 1.165) is 0 Å². The first-order valence-corrected chi connectivity index (χ1v) is 7.38. The van der Waals surface area contributed by atoms with Gasteiger partial charge in [0, 0.05) is 6.54 Å². The maximum atomic E-state index is 11.4. The van der Waals surface area contributed by atoms with Crippen LogP contribution in [0.1, 0.15) is 40.0 Å². The van der Waals surface area contributed by atoms with Crippen molar-refractivity contribution < 1.29 is 23.9 Å². The fourth-order valence-corrected chi connectivity index (χ4v) is 1.64. The zero-order valence-electron chi connectivity index (χ0n) is 13.8. The van der Waals surface area contributed by atoms with E-state index < -0.39 is 29.6 Å². The first-order chi connectivity index (χ1) is 10.7. The molecule has 0 aliphatic heterocycles. The normalized spacial score (nSPS) is 12.0. The molecule has 0 spiro atoms. The Hall–Kier alpha value is -2.32. The first-order valence-electron chi connectivity index (χ1n) is 7.38. The maximum absolute atomic E-state index is 11.4. The number of amides is 4. The average Bonchev–Trinajstić information content (AvgIpc) is 2.41. The van der Waals surface area contributed by atoms with Crippen LogP contribution in [0.2, 0.25) is 0 Å². The Balaban J connectivity index is 3.97. The van der Waals surface area contributed by atoms with E-state index in [4.69, 9.17) is 10.5 Å². The van der Waals surface area contributed by atoms with Crippen molar-refractivity contribution in [1.29, 1.82) is 0 Å². The second-order valence-electron chi connectivity index (χ2n) is 5.95. The number of nitrogens with two attached hydrogens (primary N) is 1. The summed E-state index contributed by atoms with van der Waals surface area (Å²) in [7, 11) is 0. The van der Waals surface area contributed by atoms with Crippen molar-refractivity contribution in [3.05, 3.63) is 0 Å². The second-order valence-corrected chi connectivity index (χ2v) is 5.95. The number of hydrogen-bond acceptors (Lipinski definition) is 5. The van der Waals surface area contributed by atoms with Crippen LogP contribution in [0.25, 0.3) is 0 Å². The van der Waals surface area contributed by atoms with Gasteiger partial charge in [0.1, 0.15) is 11.6 Å². The smallest absolute Gasteiger partial charge is 0.407 e. The van der Waals surface area contributed by atoms with Crippen molar-refractivity contribution in [3.8, 4) is 0 Å². The molecule has 4 amide bonds. The molecule has 0 aromatic carbocycles. The molecule has 9 heteroatoms. The van der Waals surface area contributed by atoms with Crippen LogP contribution in [-0.4, -0.2) is 49.1 Å². The minimum absolute atomic E-state index is 0.215. The third-order valence-corrected chi connectivity index (χ3v) is 2.61. The third-order valence-electron chi connectivity index (χ3n) is 2.61. The van der Waals surface area contributed by atoms with Gasteiger partial charge in [0.25, 0.3) is 0 Å². The molecule has 23 heavy (non-hydrogen) atoms. The van der Waals surface area contributed by atoms with Gasteiger partial charge in [-0.3, -0.25) is 14.4 Å². The summed E-state index contributed by atoms with van der Waals surface area (Å²) in [6, 6.07) is -0.808. The highest BCUT2D eigenvalue weighted by atomic mass is 16.6. The minimum atomic E-state index is -0.808. The Bertz CT molecular complexity index is 420. The molecule has 1 atom stereocenters. The molecule has 0 aliphatic carbocycles. The number of hydrogen-bond donors (Lipinski definition) is 4. The van der Waals surface area contributed by atoms with E-state index in [1.54, 1.807) is 20.8 Å². The lowest BCUT2D eigenvalue weighted by Crippen LogP contribution is -2.47. The van der Waals surface area contributed by atoms with Crippen molar-refractivity contribution >= 4 is 24.3 Å². The van der Waals surface area contributed by atoms with Crippen LogP contribution in [-0.2, 0) is 19.1 Å². The molecule has 132 valence electrons. The van der Waals surface area contributed by atoms with Crippen molar-refractivity contribution in [2.75, 3.05) is 13.1 Å². The van der Waals surface area contributed by atoms with Crippen molar-refractivity contribution in [1.82, 2.24) is 16.0 Å². The summed E-state index contributed by atoms with van der Waals surface area (Å²) in [5.74, 6) is -1.14. The molecule has 0 rings (SSSR count). The third kappa shape index (κ3) is 12.0. The molecule has 0 aromatic heterocycles. The number of ether oxygens (including phenoxy) is 1. The molecule has 0 saturated heterocycles. The minimum Gasteiger partial charge on any atom is -0.444 e. The summed E-state index contributed by atoms with van der Waals surface area (Å²) in [5, 5.41) is 7.23. The number of rotatable bonds is 10. The lowest BCUT2D eigenvalue weighted by atomic mass is 10.1. The Kier molecular flexibility index (Phi) is 9.36. The van der Waals surface area contributed by atoms with Crippen molar-refractivity contribution in [3.63, 3.8) is 0 Å². The van der Waals surface area contributed by atoms with E-state index >= 15 is 0 Å². The lowest BCUT2D eigenvalue weighted by molar-refractivity contribution is -0.127. The predicted molar refractivity (Wildman–Crippen MR) is 83.3 cm³/mol. The summed E-state index contributed by atoms with van der Waals surface area (Å²) < 4.78 is 5.08. The van der Waals surface area contributed by atoms with E-state index in [2.05, 4.69) is 16.0 Å². The summed E-state index contributed by atoms with van der Waals surface area (Å²) >= 11 is 0. The highest BCUT2D eigenvalue weighted by Crippen LogP contribution is 2.06. The van der Waals surface area contributed by atoms with Gasteiger partial charge >= 0.3 is 6.09 Å². The Morgan fingerprint density at radius 1 is 1.22 bits per heavy atom. The number of nitrogens with one attached hydrogen (secondary N) is 3. The van der Waals surface area contributed by atoms with Crippen molar-refractivity contribution in [2.45, 2.75) is 51.7 Å². The van der Waals surface area contributed by atoms with E-state index in [1.165, 1.54) is 0 Å². The number of unbranched alkanes of at least 4 members (excludes halogenated alkanes) is 1. The Morgan fingerprint density at radius 3 is 2.39 bits per heavy atom. The van der Waals surface area contributed by atoms with E-state index in [1.807, 2.05) is 0 Å². The van der Waals surface area contributed by atoms with Gasteiger partial charge in [-0.1, -0.05) is 0 Å². The van der Waals surface area contributed by atoms with Crippen LogP contribution < -0.4 is 21.7 Å². The van der Waals surface area contributed by atoms with Gasteiger partial charge in [-0.25, -0.2) is 4.79 Å². The molecule has 0 aromatic rings. The molecular weight excluding hydrogens is 304 g/mol. The van der Waals surface area contributed by atoms with Gasteiger partial charge in [-0.2, -0.15) is 0 Å². The highest BCUT2D eigenvalue weighted by Gasteiger charge is 2.18. The zero-order valence-corrected chi connectivity index (χ0v) is 13.8. The quantitative estimate of drug-likeness (QED) is 0.313. The maximum Gasteiger partial charge on any atom is 0.407 e. The van der Waals surface area contributed by atoms with Crippen LogP contribution in [0.4, 0.5) is 4.79 Å². The Labute approximate surface area is 135 Å². The number of carbonyl (C=O) groups is 4. The highest BCUT2D eigenvalue weighted by molar-refractivity contribution is 5.87. The molecule has 0 saturated carbocycles. The number of carbonyl (C=O) groups excluding carboxylic acids is 4. The van der Waals surface area contributed by atoms with Crippen LogP contribution in [0.3, 0.4) is 0 Å². The van der Waals surface area contributed by atoms with Gasteiger partial charge in [0.05, 0.1) is 6.54 Å². The van der Waals surface area contributed by atoms with Crippen LogP contribution >= 0.6 is 0 Å². The standard InChI is InChI=1S/C14H26N4O5/c1-14(2,3)23-13(22)17-7-5-4-6-10(12(15)21)18-11(20)8-16-9-19/h9-10H,4-8H2,1-3H3,(H2,15,21)(H,16,19)(H,17,22)(H,18,20). The van der Waals surface area contributed by atoms with Crippen LogP contribution in [0.15, 0.2) is 0 Å². The topological polar surface area (TPSA) is 140 Å². The fourth-order valence-electron chi connectivity index (χ4n) is 1.64. The van der Waals surface area contributed by atoms with E-state index in [-0.39, 0.29) is 6.54 Å². The summed E-state index contributed by atoms with van der Waals surface area (Å²) in [6.45, 7) is 5.49. The van der Waals surface area contributed by atoms with Gasteiger partial charge in [0.2, 0.25) is 18.2 Å². The van der Waals surface area contributed by atoms with Gasteiger partial charge in [-0.05, 0) is 40.0 Å². The molecule has 0 heterocycles. The largest absolute Gasteiger partial charge is 0.444 e. The molecule has 0 bridgehead atoms. The molecule has 0 aliphatic rings. The average molecular weight is 330 g/mol. The van der Waals surface area contributed by atoms with Crippen LogP contribution in [0, 0.1) is 0 Å². The molecule has 0 radical (unpaired) electrons. The fraction of sp³-hybridized carbons (Fsp3) is 0.714. The summed E-state index contributed by atoms with van der Waals surface area (Å²) in [5.41, 5.74) is 4.66. The van der Waals surface area contributed by atoms with E-state index in [0.29, 0.717) is 32.2 Å². The monoisotopic (exact) mass is 330 g/mol. The lowest BCUT2D eigenvalue weighted by Gasteiger charge is -2.19. The predicted octanol–water partition coefficient (Wildman–Crippen LogP) is -0.602. The first kappa shape index (κ1) is 20.7. The zero-order chi connectivity index (χ0) is 17.9. The van der Waals surface area contributed by atoms with Crippen molar-refractivity contribution in [2.24, 2.45) is 5.73 Å². The van der Waals surface area contributed by atoms with E-state index in [9.17, 15) is 19.2 Å². The summed E-state index contributed by atoms with van der Waals surface area (Å²) in [4.78, 5) is 44.2. The van der Waals surface area contributed by atoms with Gasteiger partial charge in [0.15, 0.2) is 0 Å².